The molecule has 0 saturated carbocycles. The molecule has 0 fully saturated rings. The summed E-state index contributed by atoms with van der Waals surface area (Å²) in [7, 11) is 0. The van der Waals surface area contributed by atoms with E-state index in [-0.39, 0.29) is 24.6 Å². The Morgan fingerprint density at radius 3 is 2.62 bits per heavy atom. The Morgan fingerprint density at radius 2 is 2.00 bits per heavy atom. The fraction of sp³-hybridized carbons (Fsp3) is 0.200. The van der Waals surface area contributed by atoms with Gasteiger partial charge < -0.3 is 10.0 Å². The van der Waals surface area contributed by atoms with Crippen molar-refractivity contribution in [3.63, 3.8) is 0 Å². The number of carbonyl (C=O) groups is 2. The monoisotopic (exact) mass is 285 g/mol. The molecule has 21 heavy (non-hydrogen) atoms. The summed E-state index contributed by atoms with van der Waals surface area (Å²) in [6, 6.07) is 7.32. The van der Waals surface area contributed by atoms with Crippen molar-refractivity contribution in [2.24, 2.45) is 0 Å². The molecule has 0 radical (unpaired) electrons. The van der Waals surface area contributed by atoms with E-state index in [1.54, 1.807) is 12.1 Å². The van der Waals surface area contributed by atoms with Crippen LogP contribution in [-0.2, 0) is 4.79 Å². The normalized spacial score (nSPS) is 10.1. The van der Waals surface area contributed by atoms with Gasteiger partial charge in [0, 0.05) is 24.6 Å². The molecular formula is C15H15N3O3. The van der Waals surface area contributed by atoms with E-state index in [2.05, 4.69) is 9.97 Å². The van der Waals surface area contributed by atoms with E-state index in [1.807, 2.05) is 19.1 Å². The summed E-state index contributed by atoms with van der Waals surface area (Å²) in [6.45, 7) is 1.95. The largest absolute Gasteiger partial charge is 0.481 e. The number of aromatic nitrogens is 2. The van der Waals surface area contributed by atoms with Crippen LogP contribution in [0.3, 0.4) is 0 Å². The van der Waals surface area contributed by atoms with Gasteiger partial charge in [-0.15, -0.1) is 0 Å². The standard InChI is InChI=1S/C15H15N3O3/c1-11-4-2-3-5-13(11)18(9-6-14(19)20)15(21)12-10-16-7-8-17-12/h2-5,7-8,10H,6,9H2,1H3,(H,19,20). The molecule has 6 heteroatoms. The summed E-state index contributed by atoms with van der Waals surface area (Å²) in [4.78, 5) is 32.6. The smallest absolute Gasteiger partial charge is 0.305 e. The third kappa shape index (κ3) is 3.62. The lowest BCUT2D eigenvalue weighted by Gasteiger charge is -2.23. The van der Waals surface area contributed by atoms with Gasteiger partial charge in [-0.3, -0.25) is 14.6 Å². The third-order valence-corrected chi connectivity index (χ3v) is 2.98. The number of carboxylic acid groups (broad SMARTS) is 1. The Hall–Kier alpha value is -2.76. The van der Waals surface area contributed by atoms with Gasteiger partial charge in [0.2, 0.25) is 0 Å². The van der Waals surface area contributed by atoms with E-state index in [0.717, 1.165) is 5.56 Å². The van der Waals surface area contributed by atoms with Crippen LogP contribution in [-0.4, -0.2) is 33.5 Å². The van der Waals surface area contributed by atoms with Gasteiger partial charge in [0.05, 0.1) is 12.6 Å². The maximum absolute atomic E-state index is 12.5. The van der Waals surface area contributed by atoms with Crippen LogP contribution in [0.4, 0.5) is 5.69 Å². The lowest BCUT2D eigenvalue weighted by Crippen LogP contribution is -2.34. The minimum Gasteiger partial charge on any atom is -0.481 e. The maximum atomic E-state index is 12.5. The van der Waals surface area contributed by atoms with E-state index in [9.17, 15) is 9.59 Å². The zero-order valence-electron chi connectivity index (χ0n) is 11.6. The molecule has 6 nitrogen and oxygen atoms in total. The van der Waals surface area contributed by atoms with E-state index < -0.39 is 5.97 Å². The zero-order chi connectivity index (χ0) is 15.2. The van der Waals surface area contributed by atoms with Crippen molar-refractivity contribution < 1.29 is 14.7 Å². The van der Waals surface area contributed by atoms with Crippen molar-refractivity contribution >= 4 is 17.6 Å². The molecule has 0 aliphatic heterocycles. The fourth-order valence-electron chi connectivity index (χ4n) is 1.95. The zero-order valence-corrected chi connectivity index (χ0v) is 11.6. The topological polar surface area (TPSA) is 83.4 Å². The molecule has 0 spiro atoms. The number of para-hydroxylation sites is 1. The summed E-state index contributed by atoms with van der Waals surface area (Å²) in [6.07, 6.45) is 4.14. The van der Waals surface area contributed by atoms with Crippen LogP contribution < -0.4 is 4.90 Å². The summed E-state index contributed by atoms with van der Waals surface area (Å²) in [5.74, 6) is -1.32. The highest BCUT2D eigenvalue weighted by molar-refractivity contribution is 6.05. The first-order valence-corrected chi connectivity index (χ1v) is 6.45. The molecular weight excluding hydrogens is 270 g/mol. The predicted molar refractivity (Wildman–Crippen MR) is 77.1 cm³/mol. The lowest BCUT2D eigenvalue weighted by atomic mass is 10.1. The van der Waals surface area contributed by atoms with E-state index in [0.29, 0.717) is 5.69 Å². The molecule has 1 heterocycles. The summed E-state index contributed by atoms with van der Waals surface area (Å²) in [5, 5.41) is 8.86. The molecule has 0 aliphatic carbocycles. The van der Waals surface area contributed by atoms with Gasteiger partial charge >= 0.3 is 5.97 Å². The van der Waals surface area contributed by atoms with E-state index in [4.69, 9.17) is 5.11 Å². The SMILES string of the molecule is Cc1ccccc1N(CCC(=O)O)C(=O)c1cnccn1. The first-order valence-electron chi connectivity index (χ1n) is 6.45. The van der Waals surface area contributed by atoms with Crippen molar-refractivity contribution in [2.45, 2.75) is 13.3 Å². The number of aliphatic carboxylic acids is 1. The van der Waals surface area contributed by atoms with E-state index in [1.165, 1.54) is 23.5 Å². The summed E-state index contributed by atoms with van der Waals surface area (Å²) < 4.78 is 0. The third-order valence-electron chi connectivity index (χ3n) is 2.98. The molecule has 1 amide bonds. The van der Waals surface area contributed by atoms with Gasteiger partial charge in [0.1, 0.15) is 5.69 Å². The lowest BCUT2D eigenvalue weighted by molar-refractivity contribution is -0.136. The second-order valence-corrected chi connectivity index (χ2v) is 4.48. The summed E-state index contributed by atoms with van der Waals surface area (Å²) >= 11 is 0. The van der Waals surface area contributed by atoms with Crippen LogP contribution >= 0.6 is 0 Å². The molecule has 1 N–H and O–H groups in total. The van der Waals surface area contributed by atoms with Crippen molar-refractivity contribution in [1.82, 2.24) is 9.97 Å². The molecule has 0 bridgehead atoms. The van der Waals surface area contributed by atoms with Crippen LogP contribution in [0, 0.1) is 6.92 Å². The molecule has 108 valence electrons. The molecule has 0 aliphatic rings. The van der Waals surface area contributed by atoms with Gasteiger partial charge in [0.15, 0.2) is 0 Å². The number of aryl methyl sites for hydroxylation is 1. The van der Waals surface area contributed by atoms with Crippen LogP contribution in [0.25, 0.3) is 0 Å². The Labute approximate surface area is 122 Å². The number of anilines is 1. The molecule has 2 aromatic rings. The number of hydrogen-bond acceptors (Lipinski definition) is 4. The van der Waals surface area contributed by atoms with Gasteiger partial charge in [-0.2, -0.15) is 0 Å². The Kier molecular flexibility index (Phi) is 4.61. The van der Waals surface area contributed by atoms with Gasteiger partial charge in [0.25, 0.3) is 5.91 Å². The van der Waals surface area contributed by atoms with Crippen LogP contribution in [0.15, 0.2) is 42.9 Å². The van der Waals surface area contributed by atoms with Crippen LogP contribution in [0.1, 0.15) is 22.5 Å². The molecule has 0 unspecified atom stereocenters. The quantitative estimate of drug-likeness (QED) is 0.907. The molecule has 1 aromatic carbocycles. The maximum Gasteiger partial charge on any atom is 0.305 e. The highest BCUT2D eigenvalue weighted by Crippen LogP contribution is 2.21. The average molecular weight is 285 g/mol. The number of hydrogen-bond donors (Lipinski definition) is 1. The van der Waals surface area contributed by atoms with Gasteiger partial charge in [-0.25, -0.2) is 4.98 Å². The number of rotatable bonds is 5. The first-order chi connectivity index (χ1) is 10.1. The number of amides is 1. The number of carbonyl (C=O) groups excluding carboxylic acids is 1. The van der Waals surface area contributed by atoms with Gasteiger partial charge in [-0.05, 0) is 18.6 Å². The highest BCUT2D eigenvalue weighted by atomic mass is 16.4. The Bertz CT molecular complexity index is 644. The Morgan fingerprint density at radius 1 is 1.24 bits per heavy atom. The highest BCUT2D eigenvalue weighted by Gasteiger charge is 2.21. The van der Waals surface area contributed by atoms with Crippen molar-refractivity contribution in [2.75, 3.05) is 11.4 Å². The number of nitrogens with zero attached hydrogens (tertiary/aromatic N) is 3. The minimum absolute atomic E-state index is 0.0790. The Balaban J connectivity index is 2.34. The number of benzene rings is 1. The van der Waals surface area contributed by atoms with Crippen LogP contribution in [0.5, 0.6) is 0 Å². The van der Waals surface area contributed by atoms with Crippen molar-refractivity contribution in [3.05, 3.63) is 54.1 Å². The molecule has 0 atom stereocenters. The first kappa shape index (κ1) is 14.6. The molecule has 0 saturated heterocycles. The summed E-state index contributed by atoms with van der Waals surface area (Å²) in [5.41, 5.74) is 1.75. The molecule has 2 rings (SSSR count). The minimum atomic E-state index is -0.958. The van der Waals surface area contributed by atoms with Crippen molar-refractivity contribution in [3.8, 4) is 0 Å². The van der Waals surface area contributed by atoms with Crippen LogP contribution in [0.2, 0.25) is 0 Å². The second-order valence-electron chi connectivity index (χ2n) is 4.48. The van der Waals surface area contributed by atoms with Gasteiger partial charge in [-0.1, -0.05) is 18.2 Å². The average Bonchev–Trinajstić information content (AvgIpc) is 2.49. The second kappa shape index (κ2) is 6.60. The van der Waals surface area contributed by atoms with E-state index >= 15 is 0 Å². The van der Waals surface area contributed by atoms with Crippen molar-refractivity contribution in [1.29, 1.82) is 0 Å². The fourth-order valence-corrected chi connectivity index (χ4v) is 1.95. The molecule has 1 aromatic heterocycles. The number of carboxylic acids is 1. The predicted octanol–water partition coefficient (Wildman–Crippen LogP) is 1.91.